The average Bonchev–Trinajstić information content (AvgIpc) is 2.54. The molecule has 0 saturated carbocycles. The number of esters is 1. The SMILES string of the molecule is CCOC(=O)C1(C)[Se]c2ccccc2C1=O. The average molecular weight is 283 g/mol. The zero-order valence-electron chi connectivity index (χ0n) is 9.15. The van der Waals surface area contributed by atoms with Crippen LogP contribution in [0.4, 0.5) is 0 Å². The van der Waals surface area contributed by atoms with Gasteiger partial charge in [-0.2, -0.15) is 0 Å². The molecule has 3 nitrogen and oxygen atoms in total. The van der Waals surface area contributed by atoms with E-state index in [4.69, 9.17) is 4.74 Å². The second-order valence-corrected chi connectivity index (χ2v) is 6.75. The van der Waals surface area contributed by atoms with E-state index >= 15 is 0 Å². The van der Waals surface area contributed by atoms with Crippen molar-refractivity contribution in [1.82, 2.24) is 0 Å². The number of ether oxygens (including phenoxy) is 1. The van der Waals surface area contributed by atoms with E-state index < -0.39 is 10.3 Å². The third-order valence-electron chi connectivity index (χ3n) is 2.54. The van der Waals surface area contributed by atoms with Crippen LogP contribution in [0.1, 0.15) is 24.2 Å². The van der Waals surface area contributed by atoms with E-state index in [-0.39, 0.29) is 20.7 Å². The fourth-order valence-electron chi connectivity index (χ4n) is 1.67. The number of carbonyl (C=O) groups is 2. The topological polar surface area (TPSA) is 43.4 Å². The van der Waals surface area contributed by atoms with Gasteiger partial charge in [-0.25, -0.2) is 0 Å². The Hall–Kier alpha value is -1.12. The van der Waals surface area contributed by atoms with Gasteiger partial charge in [-0.15, -0.1) is 0 Å². The van der Waals surface area contributed by atoms with Crippen LogP contribution < -0.4 is 4.46 Å². The van der Waals surface area contributed by atoms with Crippen LogP contribution in [0.5, 0.6) is 0 Å². The van der Waals surface area contributed by atoms with Gasteiger partial charge in [-0.05, 0) is 0 Å². The Morgan fingerprint density at radius 2 is 2.12 bits per heavy atom. The molecule has 0 bridgehead atoms. The minimum absolute atomic E-state index is 0.0958. The van der Waals surface area contributed by atoms with E-state index in [1.54, 1.807) is 19.9 Å². The van der Waals surface area contributed by atoms with Crippen molar-refractivity contribution in [3.63, 3.8) is 0 Å². The molecule has 1 atom stereocenters. The predicted octanol–water partition coefficient (Wildman–Crippen LogP) is 0.954. The summed E-state index contributed by atoms with van der Waals surface area (Å²) in [5.74, 6) is -0.488. The molecule has 1 aromatic rings. The van der Waals surface area contributed by atoms with Gasteiger partial charge in [0, 0.05) is 0 Å². The molecule has 2 rings (SSSR count). The number of benzene rings is 1. The van der Waals surface area contributed by atoms with Crippen molar-refractivity contribution in [3.05, 3.63) is 29.8 Å². The molecule has 84 valence electrons. The fraction of sp³-hybridized carbons (Fsp3) is 0.333. The zero-order valence-corrected chi connectivity index (χ0v) is 10.9. The van der Waals surface area contributed by atoms with Crippen molar-refractivity contribution in [2.24, 2.45) is 0 Å². The molecule has 1 heterocycles. The summed E-state index contributed by atoms with van der Waals surface area (Å²) >= 11 is -0.174. The molecule has 1 unspecified atom stereocenters. The molecule has 0 radical (unpaired) electrons. The molecule has 0 fully saturated rings. The molecule has 0 N–H and O–H groups in total. The molecule has 16 heavy (non-hydrogen) atoms. The van der Waals surface area contributed by atoms with Gasteiger partial charge >= 0.3 is 100 Å². The van der Waals surface area contributed by atoms with Gasteiger partial charge in [-0.1, -0.05) is 0 Å². The first-order valence-corrected chi connectivity index (χ1v) is 6.81. The Kier molecular flexibility index (Phi) is 2.87. The number of hydrogen-bond donors (Lipinski definition) is 0. The van der Waals surface area contributed by atoms with Gasteiger partial charge in [0.1, 0.15) is 0 Å². The van der Waals surface area contributed by atoms with E-state index in [0.29, 0.717) is 12.2 Å². The summed E-state index contributed by atoms with van der Waals surface area (Å²) in [6.07, 6.45) is 0. The summed E-state index contributed by atoms with van der Waals surface area (Å²) < 4.78 is 5.02. The third kappa shape index (κ3) is 1.58. The molecule has 0 amide bonds. The summed E-state index contributed by atoms with van der Waals surface area (Å²) in [4.78, 5) is 24.0. The first-order valence-electron chi connectivity index (χ1n) is 5.09. The van der Waals surface area contributed by atoms with Crippen LogP contribution in [0.15, 0.2) is 24.3 Å². The molecule has 4 heteroatoms. The Morgan fingerprint density at radius 3 is 2.75 bits per heavy atom. The molecule has 1 aliphatic heterocycles. The van der Waals surface area contributed by atoms with Gasteiger partial charge < -0.3 is 0 Å². The van der Waals surface area contributed by atoms with Crippen molar-refractivity contribution < 1.29 is 14.3 Å². The Labute approximate surface area is 100 Å². The fourth-order valence-corrected chi connectivity index (χ4v) is 4.19. The summed E-state index contributed by atoms with van der Waals surface area (Å²) in [5, 5.41) is 0. The molecule has 0 saturated heterocycles. The third-order valence-corrected chi connectivity index (χ3v) is 5.35. The second kappa shape index (κ2) is 4.04. The van der Waals surface area contributed by atoms with Gasteiger partial charge in [0.25, 0.3) is 0 Å². The van der Waals surface area contributed by atoms with E-state index in [1.165, 1.54) is 0 Å². The van der Waals surface area contributed by atoms with E-state index in [1.807, 2.05) is 18.2 Å². The molecule has 1 aliphatic rings. The standard InChI is InChI=1S/C12H12O3Se/c1-3-15-11(14)12(2)10(13)8-6-4-5-7-9(8)16-12/h4-7H,3H2,1-2H3. The first-order chi connectivity index (χ1) is 7.59. The normalized spacial score (nSPS) is 23.0. The van der Waals surface area contributed by atoms with Crippen molar-refractivity contribution >= 4 is 31.2 Å². The first kappa shape index (κ1) is 11.4. The van der Waals surface area contributed by atoms with E-state index in [0.717, 1.165) is 4.46 Å². The van der Waals surface area contributed by atoms with Crippen LogP contribution in [0.3, 0.4) is 0 Å². The van der Waals surface area contributed by atoms with Crippen molar-refractivity contribution in [2.75, 3.05) is 6.61 Å². The molecule has 1 aromatic carbocycles. The second-order valence-electron chi connectivity index (χ2n) is 3.68. The predicted molar refractivity (Wildman–Crippen MR) is 61.2 cm³/mol. The van der Waals surface area contributed by atoms with Crippen LogP contribution in [0.2, 0.25) is 4.31 Å². The van der Waals surface area contributed by atoms with Crippen molar-refractivity contribution in [3.8, 4) is 0 Å². The summed E-state index contributed by atoms with van der Waals surface area (Å²) in [6.45, 7) is 3.75. The van der Waals surface area contributed by atoms with Gasteiger partial charge in [-0.3, -0.25) is 0 Å². The molecule has 0 aromatic heterocycles. The van der Waals surface area contributed by atoms with Crippen LogP contribution in [0.25, 0.3) is 0 Å². The van der Waals surface area contributed by atoms with Crippen LogP contribution in [0, 0.1) is 0 Å². The van der Waals surface area contributed by atoms with E-state index in [2.05, 4.69) is 0 Å². The Balaban J connectivity index is 2.37. The number of rotatable bonds is 2. The number of hydrogen-bond acceptors (Lipinski definition) is 3. The number of carbonyl (C=O) groups excluding carboxylic acids is 2. The molecule has 0 spiro atoms. The van der Waals surface area contributed by atoms with Gasteiger partial charge in [0.05, 0.1) is 0 Å². The maximum atomic E-state index is 12.1. The number of Topliss-reactive ketones (excluding diaryl/α,β-unsaturated/α-hetero) is 1. The van der Waals surface area contributed by atoms with Gasteiger partial charge in [0.2, 0.25) is 0 Å². The number of fused-ring (bicyclic) bond motifs is 1. The minimum atomic E-state index is -0.966. The summed E-state index contributed by atoms with van der Waals surface area (Å²) in [5.41, 5.74) is 0.679. The molecule has 0 aliphatic carbocycles. The number of ketones is 1. The quantitative estimate of drug-likeness (QED) is 0.461. The Bertz CT molecular complexity index is 455. The Morgan fingerprint density at radius 1 is 1.44 bits per heavy atom. The molecular weight excluding hydrogens is 271 g/mol. The maximum absolute atomic E-state index is 12.1. The zero-order chi connectivity index (χ0) is 11.8. The molecular formula is C12H12O3Se. The van der Waals surface area contributed by atoms with Crippen LogP contribution >= 0.6 is 0 Å². The van der Waals surface area contributed by atoms with Crippen molar-refractivity contribution in [2.45, 2.75) is 18.2 Å². The van der Waals surface area contributed by atoms with Crippen LogP contribution in [-0.2, 0) is 9.53 Å². The van der Waals surface area contributed by atoms with E-state index in [9.17, 15) is 9.59 Å². The summed E-state index contributed by atoms with van der Waals surface area (Å²) in [6, 6.07) is 7.41. The summed E-state index contributed by atoms with van der Waals surface area (Å²) in [7, 11) is 0. The van der Waals surface area contributed by atoms with Crippen molar-refractivity contribution in [1.29, 1.82) is 0 Å². The monoisotopic (exact) mass is 284 g/mol. The van der Waals surface area contributed by atoms with Crippen LogP contribution in [-0.4, -0.2) is 33.3 Å². The van der Waals surface area contributed by atoms with Gasteiger partial charge in [0.15, 0.2) is 0 Å².